The summed E-state index contributed by atoms with van der Waals surface area (Å²) in [5.41, 5.74) is -0.693. The van der Waals surface area contributed by atoms with Crippen LogP contribution in [0.3, 0.4) is 0 Å². The van der Waals surface area contributed by atoms with E-state index in [0.717, 1.165) is 0 Å². The van der Waals surface area contributed by atoms with E-state index in [-0.39, 0.29) is 17.8 Å². The lowest BCUT2D eigenvalue weighted by Gasteiger charge is -2.29. The van der Waals surface area contributed by atoms with E-state index in [1.807, 2.05) is 27.7 Å². The molecule has 0 atom stereocenters. The highest BCUT2D eigenvalue weighted by atomic mass is 16.6. The molecular weight excluding hydrogens is 264 g/mol. The third-order valence-corrected chi connectivity index (χ3v) is 2.85. The third kappa shape index (κ3) is 10.8. The number of hydrogen-bond acceptors (Lipinski definition) is 6. The van der Waals surface area contributed by atoms with E-state index in [1.54, 1.807) is 0 Å². The van der Waals surface area contributed by atoms with Gasteiger partial charge in [-0.1, -0.05) is 0 Å². The van der Waals surface area contributed by atoms with Gasteiger partial charge in [0, 0.05) is 6.42 Å². The van der Waals surface area contributed by atoms with Crippen molar-refractivity contribution in [2.24, 2.45) is 0 Å². The summed E-state index contributed by atoms with van der Waals surface area (Å²) >= 11 is 0. The highest BCUT2D eigenvalue weighted by Gasteiger charge is 2.22. The van der Waals surface area contributed by atoms with E-state index in [2.05, 4.69) is 9.47 Å². The molecule has 0 aliphatic heterocycles. The molecule has 0 N–H and O–H groups in total. The zero-order valence-corrected chi connectivity index (χ0v) is 12.8. The van der Waals surface area contributed by atoms with Crippen molar-refractivity contribution in [1.82, 2.24) is 0 Å². The summed E-state index contributed by atoms with van der Waals surface area (Å²) in [6.45, 7) is 10.2. The van der Waals surface area contributed by atoms with Gasteiger partial charge in [0.2, 0.25) is 0 Å². The SMILES string of the molecule is CC(C)(CCOC=O)OCCC(C)(C)OCCOC=O. The Hall–Kier alpha value is -1.14. The van der Waals surface area contributed by atoms with Gasteiger partial charge in [-0.05, 0) is 34.1 Å². The maximum Gasteiger partial charge on any atom is 0.293 e. The zero-order chi connectivity index (χ0) is 15.5. The van der Waals surface area contributed by atoms with Crippen LogP contribution >= 0.6 is 0 Å². The van der Waals surface area contributed by atoms with Crippen LogP contribution < -0.4 is 0 Å². The summed E-state index contributed by atoms with van der Waals surface area (Å²) < 4.78 is 20.6. The van der Waals surface area contributed by atoms with Crippen molar-refractivity contribution in [2.75, 3.05) is 26.4 Å². The molecule has 0 aromatic heterocycles. The summed E-state index contributed by atoms with van der Waals surface area (Å²) in [5.74, 6) is 0. The lowest BCUT2D eigenvalue weighted by Crippen LogP contribution is -2.32. The van der Waals surface area contributed by atoms with Gasteiger partial charge >= 0.3 is 0 Å². The third-order valence-electron chi connectivity index (χ3n) is 2.85. The molecule has 0 spiro atoms. The number of carbonyl (C=O) groups is 2. The fraction of sp³-hybridized carbons (Fsp3) is 0.857. The average Bonchev–Trinajstić information content (AvgIpc) is 2.34. The Bertz CT molecular complexity index is 275. The van der Waals surface area contributed by atoms with E-state index in [9.17, 15) is 9.59 Å². The lowest BCUT2D eigenvalue weighted by atomic mass is 10.0. The Balaban J connectivity index is 3.83. The summed E-state index contributed by atoms with van der Waals surface area (Å²) in [6, 6.07) is 0. The standard InChI is InChI=1S/C14H26O6/c1-13(2,5-7-17-11-15)19-8-6-14(3,4)20-10-9-18-12-16/h11-12H,5-10H2,1-4H3. The second kappa shape index (κ2) is 9.72. The smallest absolute Gasteiger partial charge is 0.293 e. The van der Waals surface area contributed by atoms with Crippen LogP contribution in [0, 0.1) is 0 Å². The maximum atomic E-state index is 10.1. The van der Waals surface area contributed by atoms with E-state index in [0.29, 0.717) is 45.6 Å². The second-order valence-corrected chi connectivity index (χ2v) is 5.65. The zero-order valence-electron chi connectivity index (χ0n) is 12.8. The van der Waals surface area contributed by atoms with Crippen LogP contribution in [0.4, 0.5) is 0 Å². The normalized spacial score (nSPS) is 12.0. The molecule has 0 aromatic carbocycles. The Morgan fingerprint density at radius 2 is 1.15 bits per heavy atom. The molecule has 0 radical (unpaired) electrons. The monoisotopic (exact) mass is 290 g/mol. The highest BCUT2D eigenvalue weighted by molar-refractivity contribution is 5.37. The largest absolute Gasteiger partial charge is 0.468 e. The molecule has 0 bridgehead atoms. The summed E-state index contributed by atoms with van der Waals surface area (Å²) in [7, 11) is 0. The molecule has 0 saturated carbocycles. The molecule has 0 aliphatic carbocycles. The molecule has 0 fully saturated rings. The Labute approximate surface area is 120 Å². The van der Waals surface area contributed by atoms with Crippen molar-refractivity contribution in [3.05, 3.63) is 0 Å². The molecular formula is C14H26O6. The first-order chi connectivity index (χ1) is 9.33. The van der Waals surface area contributed by atoms with Crippen molar-refractivity contribution in [3.8, 4) is 0 Å². The maximum absolute atomic E-state index is 10.1. The van der Waals surface area contributed by atoms with E-state index in [4.69, 9.17) is 9.47 Å². The topological polar surface area (TPSA) is 71.1 Å². The van der Waals surface area contributed by atoms with E-state index >= 15 is 0 Å². The van der Waals surface area contributed by atoms with Crippen LogP contribution in [0.2, 0.25) is 0 Å². The first-order valence-corrected chi connectivity index (χ1v) is 6.71. The fourth-order valence-corrected chi connectivity index (χ4v) is 1.48. The van der Waals surface area contributed by atoms with Crippen LogP contribution in [0.1, 0.15) is 40.5 Å². The minimum atomic E-state index is -0.348. The summed E-state index contributed by atoms with van der Waals surface area (Å²) in [4.78, 5) is 20.1. The predicted molar refractivity (Wildman–Crippen MR) is 73.3 cm³/mol. The molecule has 6 heteroatoms. The average molecular weight is 290 g/mol. The molecule has 118 valence electrons. The molecule has 0 unspecified atom stereocenters. The first kappa shape index (κ1) is 18.9. The van der Waals surface area contributed by atoms with Gasteiger partial charge in [0.05, 0.1) is 31.0 Å². The Morgan fingerprint density at radius 1 is 0.700 bits per heavy atom. The fourth-order valence-electron chi connectivity index (χ4n) is 1.48. The van der Waals surface area contributed by atoms with Crippen LogP contribution in [-0.2, 0) is 28.5 Å². The molecule has 0 rings (SSSR count). The first-order valence-electron chi connectivity index (χ1n) is 6.71. The van der Waals surface area contributed by atoms with Gasteiger partial charge in [-0.3, -0.25) is 9.59 Å². The molecule has 0 aromatic rings. The molecule has 0 aliphatic rings. The van der Waals surface area contributed by atoms with Crippen LogP contribution in [0.15, 0.2) is 0 Å². The van der Waals surface area contributed by atoms with Crippen LogP contribution in [-0.4, -0.2) is 50.6 Å². The predicted octanol–water partition coefficient (Wildman–Crippen LogP) is 1.70. The molecule has 20 heavy (non-hydrogen) atoms. The van der Waals surface area contributed by atoms with Crippen molar-refractivity contribution in [1.29, 1.82) is 0 Å². The van der Waals surface area contributed by atoms with Crippen molar-refractivity contribution in [3.63, 3.8) is 0 Å². The van der Waals surface area contributed by atoms with Gasteiger partial charge in [-0.2, -0.15) is 0 Å². The second-order valence-electron chi connectivity index (χ2n) is 5.65. The minimum absolute atomic E-state index is 0.252. The van der Waals surface area contributed by atoms with Gasteiger partial charge in [0.25, 0.3) is 12.9 Å². The van der Waals surface area contributed by atoms with Gasteiger partial charge < -0.3 is 18.9 Å². The van der Waals surface area contributed by atoms with Gasteiger partial charge in [-0.25, -0.2) is 0 Å². The number of ether oxygens (including phenoxy) is 4. The summed E-state index contributed by atoms with van der Waals surface area (Å²) in [6.07, 6.45) is 1.35. The molecule has 6 nitrogen and oxygen atoms in total. The Kier molecular flexibility index (Phi) is 9.16. The van der Waals surface area contributed by atoms with Gasteiger partial charge in [0.1, 0.15) is 6.61 Å². The number of carbonyl (C=O) groups excluding carboxylic acids is 2. The highest BCUT2D eigenvalue weighted by Crippen LogP contribution is 2.19. The quantitative estimate of drug-likeness (QED) is 0.380. The summed E-state index contributed by atoms with van der Waals surface area (Å²) in [5, 5.41) is 0. The van der Waals surface area contributed by atoms with Crippen LogP contribution in [0.25, 0.3) is 0 Å². The van der Waals surface area contributed by atoms with Gasteiger partial charge in [0.15, 0.2) is 0 Å². The van der Waals surface area contributed by atoms with Crippen molar-refractivity contribution in [2.45, 2.75) is 51.7 Å². The van der Waals surface area contributed by atoms with E-state index < -0.39 is 0 Å². The van der Waals surface area contributed by atoms with Crippen molar-refractivity contribution >= 4 is 12.9 Å². The molecule has 0 saturated heterocycles. The van der Waals surface area contributed by atoms with Crippen LogP contribution in [0.5, 0.6) is 0 Å². The molecule has 0 heterocycles. The Morgan fingerprint density at radius 3 is 1.70 bits per heavy atom. The lowest BCUT2D eigenvalue weighted by molar-refractivity contribution is -0.134. The molecule has 0 amide bonds. The minimum Gasteiger partial charge on any atom is -0.468 e. The number of rotatable bonds is 13. The number of hydrogen-bond donors (Lipinski definition) is 0. The van der Waals surface area contributed by atoms with Crippen molar-refractivity contribution < 1.29 is 28.5 Å². The van der Waals surface area contributed by atoms with E-state index in [1.165, 1.54) is 0 Å². The van der Waals surface area contributed by atoms with Gasteiger partial charge in [-0.15, -0.1) is 0 Å².